The zero-order valence-electron chi connectivity index (χ0n) is 10.3. The molecular formula is C13H19BrClNO. The van der Waals surface area contributed by atoms with E-state index in [1.807, 2.05) is 13.0 Å². The molecule has 1 N–H and O–H groups in total. The van der Waals surface area contributed by atoms with Crippen molar-refractivity contribution in [3.63, 3.8) is 0 Å². The molecule has 0 bridgehead atoms. The minimum absolute atomic E-state index is 0.270. The largest absolute Gasteiger partial charge is 0.496 e. The fourth-order valence-electron chi connectivity index (χ4n) is 1.56. The normalized spacial score (nSPS) is 12.5. The fraction of sp³-hybridized carbons (Fsp3) is 0.538. The summed E-state index contributed by atoms with van der Waals surface area (Å²) in [7, 11) is 1.67. The first-order chi connectivity index (χ1) is 8.13. The quantitative estimate of drug-likeness (QED) is 0.606. The average molecular weight is 321 g/mol. The molecule has 17 heavy (non-hydrogen) atoms. The number of ether oxygens (including phenoxy) is 1. The number of hydrogen-bond acceptors (Lipinski definition) is 2. The van der Waals surface area contributed by atoms with Crippen LogP contribution in [0.3, 0.4) is 0 Å². The number of halogens is 2. The van der Waals surface area contributed by atoms with Gasteiger partial charge in [0.1, 0.15) is 5.75 Å². The Bertz CT molecular complexity index is 344. The van der Waals surface area contributed by atoms with Crippen LogP contribution < -0.4 is 10.1 Å². The van der Waals surface area contributed by atoms with Crippen LogP contribution in [0.1, 0.15) is 25.3 Å². The maximum atomic E-state index is 5.88. The van der Waals surface area contributed by atoms with Crippen molar-refractivity contribution in [1.29, 1.82) is 0 Å². The van der Waals surface area contributed by atoms with Gasteiger partial charge in [-0.25, -0.2) is 0 Å². The molecule has 96 valence electrons. The molecule has 2 nitrogen and oxygen atoms in total. The lowest BCUT2D eigenvalue weighted by atomic mass is 10.2. The van der Waals surface area contributed by atoms with Gasteiger partial charge in [-0.2, -0.15) is 0 Å². The van der Waals surface area contributed by atoms with E-state index in [4.69, 9.17) is 16.3 Å². The van der Waals surface area contributed by atoms with E-state index in [9.17, 15) is 0 Å². The molecule has 0 saturated carbocycles. The SMILES string of the molecule is COc1ccc(CNCCCC(C)Cl)cc1Br. The lowest BCUT2D eigenvalue weighted by Crippen LogP contribution is -2.15. The van der Waals surface area contributed by atoms with Gasteiger partial charge in [-0.3, -0.25) is 0 Å². The first kappa shape index (κ1) is 14.8. The van der Waals surface area contributed by atoms with Crippen LogP contribution in [0.15, 0.2) is 22.7 Å². The van der Waals surface area contributed by atoms with Gasteiger partial charge in [0, 0.05) is 11.9 Å². The zero-order chi connectivity index (χ0) is 12.7. The van der Waals surface area contributed by atoms with E-state index in [1.54, 1.807) is 7.11 Å². The summed E-state index contributed by atoms with van der Waals surface area (Å²) in [6, 6.07) is 6.12. The second-order valence-electron chi connectivity index (χ2n) is 4.07. The van der Waals surface area contributed by atoms with Crippen molar-refractivity contribution in [2.24, 2.45) is 0 Å². The molecule has 1 atom stereocenters. The standard InChI is InChI=1S/C13H19BrClNO/c1-10(15)4-3-7-16-9-11-5-6-13(17-2)12(14)8-11/h5-6,8,10,16H,3-4,7,9H2,1-2H3. The molecule has 4 heteroatoms. The third kappa shape index (κ3) is 5.75. The van der Waals surface area contributed by atoms with Gasteiger partial charge in [0.05, 0.1) is 11.6 Å². The Morgan fingerprint density at radius 2 is 2.24 bits per heavy atom. The van der Waals surface area contributed by atoms with Crippen LogP contribution in [0.25, 0.3) is 0 Å². The van der Waals surface area contributed by atoms with Crippen LogP contribution >= 0.6 is 27.5 Å². The highest BCUT2D eigenvalue weighted by Gasteiger charge is 2.01. The van der Waals surface area contributed by atoms with Crippen LogP contribution in [-0.4, -0.2) is 19.0 Å². The summed E-state index contributed by atoms with van der Waals surface area (Å²) in [5.41, 5.74) is 1.25. The maximum absolute atomic E-state index is 5.88. The lowest BCUT2D eigenvalue weighted by molar-refractivity contribution is 0.412. The number of rotatable bonds is 7. The maximum Gasteiger partial charge on any atom is 0.133 e. The summed E-state index contributed by atoms with van der Waals surface area (Å²) in [5, 5.41) is 3.67. The van der Waals surface area contributed by atoms with Crippen molar-refractivity contribution in [3.8, 4) is 5.75 Å². The average Bonchev–Trinajstić information content (AvgIpc) is 2.28. The van der Waals surface area contributed by atoms with Crippen molar-refractivity contribution in [1.82, 2.24) is 5.32 Å². The predicted molar refractivity (Wildman–Crippen MR) is 76.9 cm³/mol. The Balaban J connectivity index is 2.30. The van der Waals surface area contributed by atoms with Gasteiger partial charge in [-0.05, 0) is 59.9 Å². The molecule has 1 unspecified atom stereocenters. The molecule has 0 amide bonds. The van der Waals surface area contributed by atoms with E-state index in [1.165, 1.54) is 5.56 Å². The van der Waals surface area contributed by atoms with E-state index in [2.05, 4.69) is 33.4 Å². The molecule has 0 spiro atoms. The molecule has 1 aromatic rings. The first-order valence-electron chi connectivity index (χ1n) is 5.80. The van der Waals surface area contributed by atoms with E-state index in [0.29, 0.717) is 0 Å². The Morgan fingerprint density at radius 3 is 2.82 bits per heavy atom. The monoisotopic (exact) mass is 319 g/mol. The smallest absolute Gasteiger partial charge is 0.133 e. The van der Waals surface area contributed by atoms with Crippen LogP contribution in [-0.2, 0) is 6.54 Å². The van der Waals surface area contributed by atoms with E-state index >= 15 is 0 Å². The molecule has 1 aromatic carbocycles. The highest BCUT2D eigenvalue weighted by Crippen LogP contribution is 2.25. The molecule has 0 aliphatic carbocycles. The minimum Gasteiger partial charge on any atom is -0.496 e. The number of hydrogen-bond donors (Lipinski definition) is 1. The Kier molecular flexibility index (Phi) is 6.93. The van der Waals surface area contributed by atoms with Gasteiger partial charge in [0.25, 0.3) is 0 Å². The molecule has 0 aliphatic rings. The van der Waals surface area contributed by atoms with Gasteiger partial charge < -0.3 is 10.1 Å². The first-order valence-corrected chi connectivity index (χ1v) is 7.03. The van der Waals surface area contributed by atoms with Gasteiger partial charge >= 0.3 is 0 Å². The number of benzene rings is 1. The van der Waals surface area contributed by atoms with Gasteiger partial charge in [0.15, 0.2) is 0 Å². The summed E-state index contributed by atoms with van der Waals surface area (Å²) < 4.78 is 6.18. The molecule has 1 rings (SSSR count). The van der Waals surface area contributed by atoms with Crippen LogP contribution in [0.4, 0.5) is 0 Å². The molecule has 0 radical (unpaired) electrons. The van der Waals surface area contributed by atoms with Crippen LogP contribution in [0.5, 0.6) is 5.75 Å². The molecule has 0 fully saturated rings. The summed E-state index contributed by atoms with van der Waals surface area (Å²) in [6.07, 6.45) is 2.17. The molecule has 0 heterocycles. The molecule has 0 aromatic heterocycles. The van der Waals surface area contributed by atoms with Crippen LogP contribution in [0.2, 0.25) is 0 Å². The summed E-state index contributed by atoms with van der Waals surface area (Å²) in [6.45, 7) is 3.90. The molecular weight excluding hydrogens is 302 g/mol. The molecule has 0 aliphatic heterocycles. The van der Waals surface area contributed by atoms with Gasteiger partial charge in [-0.15, -0.1) is 11.6 Å². The van der Waals surface area contributed by atoms with Crippen molar-refractivity contribution >= 4 is 27.5 Å². The summed E-state index contributed by atoms with van der Waals surface area (Å²) in [5.74, 6) is 0.865. The topological polar surface area (TPSA) is 21.3 Å². The zero-order valence-corrected chi connectivity index (χ0v) is 12.6. The summed E-state index contributed by atoms with van der Waals surface area (Å²) in [4.78, 5) is 0. The number of methoxy groups -OCH3 is 1. The van der Waals surface area contributed by atoms with Crippen molar-refractivity contribution < 1.29 is 4.74 Å². The van der Waals surface area contributed by atoms with Crippen LogP contribution in [0, 0.1) is 0 Å². The third-order valence-corrected chi connectivity index (χ3v) is 3.34. The van der Waals surface area contributed by atoms with E-state index in [-0.39, 0.29) is 5.38 Å². The third-order valence-electron chi connectivity index (χ3n) is 2.50. The highest BCUT2D eigenvalue weighted by molar-refractivity contribution is 9.10. The van der Waals surface area contributed by atoms with Gasteiger partial charge in [0.2, 0.25) is 0 Å². The Hall–Kier alpha value is -0.250. The van der Waals surface area contributed by atoms with E-state index in [0.717, 1.165) is 36.2 Å². The molecule has 0 saturated heterocycles. The van der Waals surface area contributed by atoms with Crippen molar-refractivity contribution in [2.45, 2.75) is 31.7 Å². The van der Waals surface area contributed by atoms with E-state index < -0.39 is 0 Å². The fourth-order valence-corrected chi connectivity index (χ4v) is 2.30. The minimum atomic E-state index is 0.270. The van der Waals surface area contributed by atoms with Crippen molar-refractivity contribution in [2.75, 3.05) is 13.7 Å². The van der Waals surface area contributed by atoms with Gasteiger partial charge in [-0.1, -0.05) is 6.07 Å². The Morgan fingerprint density at radius 1 is 1.47 bits per heavy atom. The second kappa shape index (κ2) is 7.96. The lowest BCUT2D eigenvalue weighted by Gasteiger charge is -2.08. The number of alkyl halides is 1. The highest BCUT2D eigenvalue weighted by atomic mass is 79.9. The second-order valence-corrected chi connectivity index (χ2v) is 5.67. The predicted octanol–water partition coefficient (Wildman–Crippen LogP) is 3.95. The summed E-state index contributed by atoms with van der Waals surface area (Å²) >= 11 is 9.36. The van der Waals surface area contributed by atoms with Crippen molar-refractivity contribution in [3.05, 3.63) is 28.2 Å². The Labute approximate surface area is 117 Å². The number of nitrogens with one attached hydrogen (secondary N) is 1.